The number of nitrogens with one attached hydrogen (secondary N) is 1. The van der Waals surface area contributed by atoms with Gasteiger partial charge in [0.2, 0.25) is 5.91 Å². The predicted octanol–water partition coefficient (Wildman–Crippen LogP) is 0.0526. The van der Waals surface area contributed by atoms with Gasteiger partial charge in [0.05, 0.1) is 0 Å². The van der Waals surface area contributed by atoms with Crippen LogP contribution in [0, 0.1) is 5.92 Å². The molecule has 2 aliphatic rings. The highest BCUT2D eigenvalue weighted by molar-refractivity contribution is 6.39. The topological polar surface area (TPSA) is 65.0 Å². The minimum absolute atomic E-state index is 0.0565. The lowest BCUT2D eigenvalue weighted by atomic mass is 9.96. The third-order valence-electron chi connectivity index (χ3n) is 3.87. The van der Waals surface area contributed by atoms with E-state index in [4.69, 9.17) is 0 Å². The van der Waals surface area contributed by atoms with Gasteiger partial charge in [-0.15, -0.1) is 0 Å². The van der Waals surface area contributed by atoms with Crippen LogP contribution in [-0.4, -0.2) is 61.1 Å². The van der Waals surface area contributed by atoms with Gasteiger partial charge < -0.3 is 9.80 Å². The lowest BCUT2D eigenvalue weighted by molar-refractivity contribution is -0.124. The van der Waals surface area contributed by atoms with Gasteiger partial charge >= 0.3 is 0 Å². The van der Waals surface area contributed by atoms with E-state index in [2.05, 4.69) is 22.5 Å². The Hall–Kier alpha value is -1.43. The highest BCUT2D eigenvalue weighted by Crippen LogP contribution is 2.17. The van der Waals surface area contributed by atoms with Crippen molar-refractivity contribution >= 4 is 17.5 Å². The van der Waals surface area contributed by atoms with Crippen LogP contribution in [0.1, 0.15) is 25.7 Å². The van der Waals surface area contributed by atoms with Crippen molar-refractivity contribution in [1.82, 2.24) is 15.2 Å². The molecule has 0 radical (unpaired) electrons. The minimum Gasteiger partial charge on any atom is -0.340 e. The summed E-state index contributed by atoms with van der Waals surface area (Å²) in [5.74, 6) is 0.400. The second kappa shape index (κ2) is 6.14. The molecule has 0 aromatic carbocycles. The summed E-state index contributed by atoms with van der Waals surface area (Å²) in [5.41, 5.74) is 2.84. The summed E-state index contributed by atoms with van der Waals surface area (Å²) in [7, 11) is 3.95. The lowest BCUT2D eigenvalue weighted by Gasteiger charge is -2.31. The number of carbonyl (C=O) groups is 2. The van der Waals surface area contributed by atoms with Crippen LogP contribution in [0.3, 0.4) is 0 Å². The Morgan fingerprint density at radius 3 is 2.68 bits per heavy atom. The van der Waals surface area contributed by atoms with Gasteiger partial charge in [-0.3, -0.25) is 9.59 Å². The molecule has 2 rings (SSSR count). The molecule has 1 fully saturated rings. The summed E-state index contributed by atoms with van der Waals surface area (Å²) in [6.07, 6.45) is 3.07. The van der Waals surface area contributed by atoms with E-state index < -0.39 is 0 Å². The van der Waals surface area contributed by atoms with E-state index in [1.165, 1.54) is 0 Å². The van der Waals surface area contributed by atoms with Crippen LogP contribution >= 0.6 is 0 Å². The molecule has 0 unspecified atom stereocenters. The molecule has 0 spiro atoms. The second-order valence-corrected chi connectivity index (χ2v) is 5.53. The number of carbonyl (C=O) groups excluding carboxylic acids is 2. The van der Waals surface area contributed by atoms with Crippen LogP contribution < -0.4 is 5.43 Å². The molecule has 0 atom stereocenters. The molecule has 2 aliphatic heterocycles. The fourth-order valence-corrected chi connectivity index (χ4v) is 2.56. The molecule has 6 nitrogen and oxygen atoms in total. The van der Waals surface area contributed by atoms with E-state index in [1.807, 2.05) is 7.05 Å². The lowest BCUT2D eigenvalue weighted by Crippen LogP contribution is -2.42. The quantitative estimate of drug-likeness (QED) is 0.785. The minimum atomic E-state index is -0.116. The Bertz CT molecular complexity index is 386. The zero-order valence-corrected chi connectivity index (χ0v) is 11.7. The Kier molecular flexibility index (Phi) is 4.52. The molecule has 1 N–H and O–H groups in total. The summed E-state index contributed by atoms with van der Waals surface area (Å²) in [4.78, 5) is 27.2. The average molecular weight is 266 g/mol. The third-order valence-corrected chi connectivity index (χ3v) is 3.87. The van der Waals surface area contributed by atoms with Crippen LogP contribution in [0.2, 0.25) is 0 Å². The zero-order chi connectivity index (χ0) is 13.8. The number of rotatable bonds is 3. The maximum Gasteiger partial charge on any atom is 0.269 e. The van der Waals surface area contributed by atoms with Crippen molar-refractivity contribution in [3.63, 3.8) is 0 Å². The first kappa shape index (κ1) is 14.0. The highest BCUT2D eigenvalue weighted by atomic mass is 16.2. The first-order chi connectivity index (χ1) is 9.06. The molecule has 0 bridgehead atoms. The van der Waals surface area contributed by atoms with Crippen molar-refractivity contribution in [2.24, 2.45) is 11.0 Å². The second-order valence-electron chi connectivity index (χ2n) is 5.53. The van der Waals surface area contributed by atoms with Gasteiger partial charge in [-0.2, -0.15) is 5.10 Å². The standard InChI is InChI=1S/C13H22N4O2/c1-16-7-5-10(6-8-16)9-17(2)13(19)11-3-4-12(18)15-14-11/h10H,3-9H2,1-2H3,(H,15,18). The Morgan fingerprint density at radius 2 is 2.11 bits per heavy atom. The number of amides is 2. The van der Waals surface area contributed by atoms with Crippen molar-refractivity contribution in [1.29, 1.82) is 0 Å². The van der Waals surface area contributed by atoms with Crippen molar-refractivity contribution in [2.75, 3.05) is 33.7 Å². The monoisotopic (exact) mass is 266 g/mol. The first-order valence-electron chi connectivity index (χ1n) is 6.85. The van der Waals surface area contributed by atoms with Gasteiger partial charge in [-0.05, 0) is 38.9 Å². The normalized spacial score (nSPS) is 21.8. The van der Waals surface area contributed by atoms with E-state index in [1.54, 1.807) is 4.90 Å². The number of hydrazone groups is 1. The largest absolute Gasteiger partial charge is 0.340 e. The molecule has 106 valence electrons. The van der Waals surface area contributed by atoms with E-state index in [0.717, 1.165) is 32.5 Å². The molecular formula is C13H22N4O2. The highest BCUT2D eigenvalue weighted by Gasteiger charge is 2.24. The Balaban J connectivity index is 1.84. The van der Waals surface area contributed by atoms with E-state index >= 15 is 0 Å². The van der Waals surface area contributed by atoms with E-state index in [0.29, 0.717) is 24.5 Å². The Labute approximate surface area is 113 Å². The molecule has 0 saturated carbocycles. The van der Waals surface area contributed by atoms with Gasteiger partial charge in [0.25, 0.3) is 5.91 Å². The summed E-state index contributed by atoms with van der Waals surface area (Å²) in [5, 5.41) is 3.85. The maximum absolute atomic E-state index is 12.2. The molecule has 0 aromatic heterocycles. The SMILES string of the molecule is CN1CCC(CN(C)C(=O)C2=NNC(=O)CC2)CC1. The van der Waals surface area contributed by atoms with Crippen molar-refractivity contribution < 1.29 is 9.59 Å². The summed E-state index contributed by atoms with van der Waals surface area (Å²) < 4.78 is 0. The molecular weight excluding hydrogens is 244 g/mol. The van der Waals surface area contributed by atoms with Gasteiger partial charge in [0.15, 0.2) is 0 Å². The fourth-order valence-electron chi connectivity index (χ4n) is 2.56. The van der Waals surface area contributed by atoms with Crippen molar-refractivity contribution in [2.45, 2.75) is 25.7 Å². The number of likely N-dealkylation sites (tertiary alicyclic amines) is 1. The van der Waals surface area contributed by atoms with E-state index in [9.17, 15) is 9.59 Å². The molecule has 19 heavy (non-hydrogen) atoms. The molecule has 2 amide bonds. The van der Waals surface area contributed by atoms with Gasteiger partial charge in [0.1, 0.15) is 5.71 Å². The van der Waals surface area contributed by atoms with Gasteiger partial charge in [0, 0.05) is 26.4 Å². The van der Waals surface area contributed by atoms with Gasteiger partial charge in [-0.25, -0.2) is 5.43 Å². The summed E-state index contributed by atoms with van der Waals surface area (Å²) in [6.45, 7) is 2.98. The molecule has 6 heteroatoms. The summed E-state index contributed by atoms with van der Waals surface area (Å²) in [6, 6.07) is 0. The first-order valence-corrected chi connectivity index (χ1v) is 6.85. The fraction of sp³-hybridized carbons (Fsp3) is 0.769. The van der Waals surface area contributed by atoms with Crippen LogP contribution in [0.4, 0.5) is 0 Å². The van der Waals surface area contributed by atoms with Crippen LogP contribution in [-0.2, 0) is 9.59 Å². The van der Waals surface area contributed by atoms with Crippen LogP contribution in [0.5, 0.6) is 0 Å². The molecule has 1 saturated heterocycles. The average Bonchev–Trinajstić information content (AvgIpc) is 2.41. The van der Waals surface area contributed by atoms with Crippen molar-refractivity contribution in [3.8, 4) is 0 Å². The zero-order valence-electron chi connectivity index (χ0n) is 11.7. The van der Waals surface area contributed by atoms with Crippen LogP contribution in [0.15, 0.2) is 5.10 Å². The Morgan fingerprint density at radius 1 is 1.42 bits per heavy atom. The number of nitrogens with zero attached hydrogens (tertiary/aromatic N) is 3. The molecule has 0 aliphatic carbocycles. The smallest absolute Gasteiger partial charge is 0.269 e. The molecule has 0 aromatic rings. The van der Waals surface area contributed by atoms with Crippen LogP contribution in [0.25, 0.3) is 0 Å². The van der Waals surface area contributed by atoms with E-state index in [-0.39, 0.29) is 11.8 Å². The predicted molar refractivity (Wildman–Crippen MR) is 72.7 cm³/mol. The molecule has 2 heterocycles. The summed E-state index contributed by atoms with van der Waals surface area (Å²) >= 11 is 0. The maximum atomic E-state index is 12.2. The number of hydrogen-bond donors (Lipinski definition) is 1. The third kappa shape index (κ3) is 3.76. The number of piperidine rings is 1. The van der Waals surface area contributed by atoms with Crippen molar-refractivity contribution in [3.05, 3.63) is 0 Å². The number of hydrogen-bond acceptors (Lipinski definition) is 4. The van der Waals surface area contributed by atoms with Gasteiger partial charge in [-0.1, -0.05) is 0 Å².